The van der Waals surface area contributed by atoms with Crippen molar-refractivity contribution < 1.29 is 14.3 Å². The molecule has 0 aromatic carbocycles. The minimum Gasteiger partial charge on any atom is -0.380 e. The minimum absolute atomic E-state index is 0.196. The molecule has 2 saturated heterocycles. The average molecular weight is 362 g/mol. The Morgan fingerprint density at radius 1 is 1.31 bits per heavy atom. The quantitative estimate of drug-likeness (QED) is 0.713. The fourth-order valence-electron chi connectivity index (χ4n) is 3.75. The Morgan fingerprint density at radius 3 is 2.85 bits per heavy atom. The molecule has 3 rings (SSSR count). The third-order valence-electron chi connectivity index (χ3n) is 5.29. The van der Waals surface area contributed by atoms with Gasteiger partial charge >= 0.3 is 0 Å². The van der Waals surface area contributed by atoms with Crippen LogP contribution in [0.3, 0.4) is 0 Å². The normalized spacial score (nSPS) is 21.2. The van der Waals surface area contributed by atoms with Gasteiger partial charge in [-0.25, -0.2) is 9.97 Å². The Labute approximate surface area is 155 Å². The molecule has 1 amide bonds. The molecular formula is C19H30N4O3. The van der Waals surface area contributed by atoms with Crippen LogP contribution in [0, 0.1) is 6.92 Å². The molecule has 26 heavy (non-hydrogen) atoms. The zero-order valence-corrected chi connectivity index (χ0v) is 15.9. The number of nitrogens with zero attached hydrogens (tertiary/aromatic N) is 4. The molecule has 2 fully saturated rings. The van der Waals surface area contributed by atoms with E-state index in [1.165, 1.54) is 0 Å². The number of carbonyl (C=O) groups excluding carboxylic acids is 1. The fourth-order valence-corrected chi connectivity index (χ4v) is 3.75. The van der Waals surface area contributed by atoms with Crippen molar-refractivity contribution in [1.82, 2.24) is 19.8 Å². The Hall–Kier alpha value is -1.57. The molecule has 0 aliphatic carbocycles. The first-order valence-electron chi connectivity index (χ1n) is 9.60. The SMILES string of the molecule is CCOCCN1CCOC2(CCN(Cc3ccnc(C)n3)CC2)CC1=O. The van der Waals surface area contributed by atoms with E-state index in [9.17, 15) is 4.79 Å². The lowest BCUT2D eigenvalue weighted by Crippen LogP contribution is -2.47. The zero-order chi connectivity index (χ0) is 18.4. The Kier molecular flexibility index (Phi) is 6.56. The summed E-state index contributed by atoms with van der Waals surface area (Å²) in [6, 6.07) is 1.97. The van der Waals surface area contributed by atoms with E-state index < -0.39 is 0 Å². The molecule has 3 heterocycles. The van der Waals surface area contributed by atoms with Crippen molar-refractivity contribution in [3.8, 4) is 0 Å². The van der Waals surface area contributed by atoms with Crippen molar-refractivity contribution in [2.45, 2.75) is 45.3 Å². The van der Waals surface area contributed by atoms with Crippen LogP contribution in [0.5, 0.6) is 0 Å². The van der Waals surface area contributed by atoms with Crippen LogP contribution in [-0.4, -0.2) is 77.3 Å². The van der Waals surface area contributed by atoms with Crippen LogP contribution < -0.4 is 0 Å². The van der Waals surface area contributed by atoms with Crippen LogP contribution in [-0.2, 0) is 20.8 Å². The molecular weight excluding hydrogens is 332 g/mol. The van der Waals surface area contributed by atoms with E-state index in [4.69, 9.17) is 9.47 Å². The van der Waals surface area contributed by atoms with E-state index in [2.05, 4.69) is 14.9 Å². The Balaban J connectivity index is 1.52. The molecule has 0 saturated carbocycles. The summed E-state index contributed by atoms with van der Waals surface area (Å²) in [7, 11) is 0. The minimum atomic E-state index is -0.296. The predicted octanol–water partition coefficient (Wildman–Crippen LogP) is 1.41. The number of ether oxygens (including phenoxy) is 2. The number of aryl methyl sites for hydroxylation is 1. The zero-order valence-electron chi connectivity index (χ0n) is 15.9. The third-order valence-corrected chi connectivity index (χ3v) is 5.29. The van der Waals surface area contributed by atoms with E-state index in [1.54, 1.807) is 0 Å². The van der Waals surface area contributed by atoms with Crippen LogP contribution in [0.15, 0.2) is 12.3 Å². The largest absolute Gasteiger partial charge is 0.380 e. The average Bonchev–Trinajstić information content (AvgIpc) is 2.77. The smallest absolute Gasteiger partial charge is 0.225 e. The van der Waals surface area contributed by atoms with Gasteiger partial charge in [0.05, 0.1) is 30.9 Å². The maximum atomic E-state index is 12.7. The summed E-state index contributed by atoms with van der Waals surface area (Å²) in [5.74, 6) is 1.00. The molecule has 2 aliphatic rings. The molecule has 0 atom stereocenters. The first-order chi connectivity index (χ1) is 12.6. The van der Waals surface area contributed by atoms with Crippen LogP contribution >= 0.6 is 0 Å². The molecule has 2 aliphatic heterocycles. The topological polar surface area (TPSA) is 67.8 Å². The third kappa shape index (κ3) is 4.99. The Bertz CT molecular complexity index is 602. The number of hydrogen-bond acceptors (Lipinski definition) is 6. The van der Waals surface area contributed by atoms with Gasteiger partial charge in [-0.2, -0.15) is 0 Å². The van der Waals surface area contributed by atoms with Crippen LogP contribution in [0.4, 0.5) is 0 Å². The molecule has 0 unspecified atom stereocenters. The molecule has 0 radical (unpaired) electrons. The van der Waals surface area contributed by atoms with E-state index in [-0.39, 0.29) is 11.5 Å². The van der Waals surface area contributed by atoms with Gasteiger partial charge < -0.3 is 14.4 Å². The summed E-state index contributed by atoms with van der Waals surface area (Å²) < 4.78 is 11.6. The molecule has 1 spiro atoms. The lowest BCUT2D eigenvalue weighted by Gasteiger charge is -2.40. The highest BCUT2D eigenvalue weighted by Crippen LogP contribution is 2.32. The number of likely N-dealkylation sites (tertiary alicyclic amines) is 1. The summed E-state index contributed by atoms with van der Waals surface area (Å²) in [5.41, 5.74) is 0.753. The Morgan fingerprint density at radius 2 is 2.12 bits per heavy atom. The van der Waals surface area contributed by atoms with Crippen molar-refractivity contribution >= 4 is 5.91 Å². The van der Waals surface area contributed by atoms with E-state index in [0.29, 0.717) is 39.3 Å². The van der Waals surface area contributed by atoms with Crippen molar-refractivity contribution in [1.29, 1.82) is 0 Å². The maximum absolute atomic E-state index is 12.7. The molecule has 0 bridgehead atoms. The molecule has 0 N–H and O–H groups in total. The first kappa shape index (κ1) is 19.2. The molecule has 7 nitrogen and oxygen atoms in total. The predicted molar refractivity (Wildman–Crippen MR) is 97.7 cm³/mol. The van der Waals surface area contributed by atoms with Crippen LogP contribution in [0.1, 0.15) is 37.7 Å². The highest BCUT2D eigenvalue weighted by Gasteiger charge is 2.40. The summed E-state index contributed by atoms with van der Waals surface area (Å²) in [4.78, 5) is 25.6. The highest BCUT2D eigenvalue weighted by molar-refractivity contribution is 5.77. The van der Waals surface area contributed by atoms with E-state index >= 15 is 0 Å². The van der Waals surface area contributed by atoms with Gasteiger partial charge in [-0.05, 0) is 32.8 Å². The van der Waals surface area contributed by atoms with E-state index in [0.717, 1.165) is 44.0 Å². The van der Waals surface area contributed by atoms with Crippen molar-refractivity contribution in [3.05, 3.63) is 23.8 Å². The first-order valence-corrected chi connectivity index (χ1v) is 9.60. The molecule has 1 aromatic heterocycles. The van der Waals surface area contributed by atoms with Gasteiger partial charge in [0.2, 0.25) is 5.91 Å². The lowest BCUT2D eigenvalue weighted by molar-refractivity contribution is -0.136. The van der Waals surface area contributed by atoms with Crippen LogP contribution in [0.25, 0.3) is 0 Å². The monoisotopic (exact) mass is 362 g/mol. The van der Waals surface area contributed by atoms with Gasteiger partial charge in [0.25, 0.3) is 0 Å². The van der Waals surface area contributed by atoms with E-state index in [1.807, 2.05) is 31.0 Å². The maximum Gasteiger partial charge on any atom is 0.225 e. The standard InChI is InChI=1S/C19H30N4O3/c1-3-25-12-10-23-11-13-26-19(14-18(23)24)5-8-22(9-6-19)15-17-4-7-20-16(2)21-17/h4,7H,3,5-6,8-15H2,1-2H3. The van der Waals surface area contributed by atoms with Crippen molar-refractivity contribution in [2.24, 2.45) is 0 Å². The summed E-state index contributed by atoms with van der Waals surface area (Å²) in [5, 5.41) is 0. The number of hydrogen-bond donors (Lipinski definition) is 0. The van der Waals surface area contributed by atoms with Gasteiger partial charge in [-0.15, -0.1) is 0 Å². The van der Waals surface area contributed by atoms with Crippen molar-refractivity contribution in [2.75, 3.05) is 46.0 Å². The van der Waals surface area contributed by atoms with Gasteiger partial charge in [-0.1, -0.05) is 0 Å². The highest BCUT2D eigenvalue weighted by atomic mass is 16.5. The fraction of sp³-hybridized carbons (Fsp3) is 0.737. The second-order valence-corrected chi connectivity index (χ2v) is 7.16. The second-order valence-electron chi connectivity index (χ2n) is 7.16. The van der Waals surface area contributed by atoms with Gasteiger partial charge in [-0.3, -0.25) is 9.69 Å². The molecule has 144 valence electrons. The summed E-state index contributed by atoms with van der Waals surface area (Å²) in [6.07, 6.45) is 4.08. The number of carbonyl (C=O) groups is 1. The van der Waals surface area contributed by atoms with Gasteiger partial charge in [0, 0.05) is 45.5 Å². The number of aromatic nitrogens is 2. The van der Waals surface area contributed by atoms with Crippen LogP contribution in [0.2, 0.25) is 0 Å². The van der Waals surface area contributed by atoms with Crippen molar-refractivity contribution in [3.63, 3.8) is 0 Å². The number of rotatable bonds is 6. The summed E-state index contributed by atoms with van der Waals surface area (Å²) in [6.45, 7) is 9.78. The van der Waals surface area contributed by atoms with Gasteiger partial charge in [0.1, 0.15) is 5.82 Å². The second kappa shape index (κ2) is 8.88. The summed E-state index contributed by atoms with van der Waals surface area (Å²) >= 11 is 0. The number of amides is 1. The molecule has 1 aromatic rings. The molecule has 7 heteroatoms. The lowest BCUT2D eigenvalue weighted by atomic mass is 9.87. The number of piperidine rings is 1. The van der Waals surface area contributed by atoms with Gasteiger partial charge in [0.15, 0.2) is 0 Å².